The van der Waals surface area contributed by atoms with Crippen molar-refractivity contribution < 1.29 is 23.3 Å². The van der Waals surface area contributed by atoms with Gasteiger partial charge in [-0.15, -0.1) is 0 Å². The van der Waals surface area contributed by atoms with Gasteiger partial charge in [-0.3, -0.25) is 24.6 Å². The van der Waals surface area contributed by atoms with E-state index in [1.54, 1.807) is 36.4 Å². The third kappa shape index (κ3) is 3.74. The second-order valence-corrected chi connectivity index (χ2v) is 7.33. The summed E-state index contributed by atoms with van der Waals surface area (Å²) in [6.07, 6.45) is 1.39. The van der Waals surface area contributed by atoms with Gasteiger partial charge in [0.25, 0.3) is 16.8 Å². The molecule has 2 aromatic carbocycles. The molecule has 3 aromatic rings. The summed E-state index contributed by atoms with van der Waals surface area (Å²) in [7, 11) is 0. The molecule has 0 saturated carbocycles. The van der Waals surface area contributed by atoms with Gasteiger partial charge >= 0.3 is 0 Å². The minimum Gasteiger partial charge on any atom is -0.456 e. The normalized spacial score (nSPS) is 15.2. The van der Waals surface area contributed by atoms with E-state index in [0.29, 0.717) is 5.56 Å². The summed E-state index contributed by atoms with van der Waals surface area (Å²) >= 11 is 0.723. The molecule has 0 atom stereocenters. The number of rotatable bonds is 5. The van der Waals surface area contributed by atoms with Gasteiger partial charge in [0, 0.05) is 17.7 Å². The molecule has 0 bridgehead atoms. The fourth-order valence-electron chi connectivity index (χ4n) is 2.98. The van der Waals surface area contributed by atoms with Crippen LogP contribution in [0.25, 0.3) is 17.4 Å². The van der Waals surface area contributed by atoms with Crippen molar-refractivity contribution in [2.45, 2.75) is 6.54 Å². The number of benzene rings is 2. The molecule has 0 N–H and O–H groups in total. The number of para-hydroxylation sites is 1. The SMILES string of the molecule is O=C1S/C(=C\c2ccc(-c3ccccc3[N+](=O)[O-])o2)C(=O)N1Cc1ccccc1F. The topological polar surface area (TPSA) is 93.7 Å². The molecule has 2 heterocycles. The third-order valence-corrected chi connectivity index (χ3v) is 5.33. The number of nitro benzene ring substituents is 1. The zero-order chi connectivity index (χ0) is 21.3. The smallest absolute Gasteiger partial charge is 0.293 e. The highest BCUT2D eigenvalue weighted by Crippen LogP contribution is 2.35. The van der Waals surface area contributed by atoms with Crippen LogP contribution in [0.5, 0.6) is 0 Å². The predicted octanol–water partition coefficient (Wildman–Crippen LogP) is 5.23. The van der Waals surface area contributed by atoms with Gasteiger partial charge in [-0.25, -0.2) is 4.39 Å². The molecule has 2 amide bonds. The summed E-state index contributed by atoms with van der Waals surface area (Å²) in [6, 6.07) is 15.2. The van der Waals surface area contributed by atoms with Crippen molar-refractivity contribution in [3.63, 3.8) is 0 Å². The fourth-order valence-corrected chi connectivity index (χ4v) is 3.80. The van der Waals surface area contributed by atoms with Crippen LogP contribution in [0.4, 0.5) is 14.9 Å². The van der Waals surface area contributed by atoms with E-state index in [4.69, 9.17) is 4.42 Å². The lowest BCUT2D eigenvalue weighted by Crippen LogP contribution is -2.27. The number of nitrogens with zero attached hydrogens (tertiary/aromatic N) is 2. The Bertz CT molecular complexity index is 1200. The van der Waals surface area contributed by atoms with Crippen molar-refractivity contribution in [3.05, 3.63) is 92.8 Å². The third-order valence-electron chi connectivity index (χ3n) is 4.43. The summed E-state index contributed by atoms with van der Waals surface area (Å²) < 4.78 is 19.5. The highest BCUT2D eigenvalue weighted by molar-refractivity contribution is 8.18. The molecule has 1 fully saturated rings. The molecule has 9 heteroatoms. The number of hydrogen-bond donors (Lipinski definition) is 0. The maximum atomic E-state index is 13.9. The monoisotopic (exact) mass is 424 g/mol. The second kappa shape index (κ2) is 7.96. The average Bonchev–Trinajstić information content (AvgIpc) is 3.30. The van der Waals surface area contributed by atoms with Crippen molar-refractivity contribution in [2.24, 2.45) is 0 Å². The first-order valence-electron chi connectivity index (χ1n) is 8.76. The number of thioether (sulfide) groups is 1. The van der Waals surface area contributed by atoms with Crippen LogP contribution in [0.15, 0.2) is 70.0 Å². The lowest BCUT2D eigenvalue weighted by molar-refractivity contribution is -0.384. The van der Waals surface area contributed by atoms with Gasteiger partial charge in [-0.05, 0) is 36.0 Å². The largest absolute Gasteiger partial charge is 0.456 e. The van der Waals surface area contributed by atoms with Gasteiger partial charge < -0.3 is 4.42 Å². The van der Waals surface area contributed by atoms with Crippen LogP contribution in [0.1, 0.15) is 11.3 Å². The van der Waals surface area contributed by atoms with E-state index >= 15 is 0 Å². The first kappa shape index (κ1) is 19.6. The van der Waals surface area contributed by atoms with Gasteiger partial charge in [0.2, 0.25) is 0 Å². The molecule has 0 aliphatic carbocycles. The molecule has 1 aliphatic heterocycles. The number of imide groups is 1. The number of nitro groups is 1. The molecule has 0 spiro atoms. The molecular weight excluding hydrogens is 411 g/mol. The van der Waals surface area contributed by atoms with Crippen molar-refractivity contribution in [2.75, 3.05) is 0 Å². The van der Waals surface area contributed by atoms with E-state index in [0.717, 1.165) is 16.7 Å². The Balaban J connectivity index is 1.58. The molecule has 150 valence electrons. The lowest BCUT2D eigenvalue weighted by atomic mass is 10.1. The van der Waals surface area contributed by atoms with Crippen LogP contribution in [-0.2, 0) is 11.3 Å². The number of furan rings is 1. The molecule has 1 aliphatic rings. The summed E-state index contributed by atoms with van der Waals surface area (Å²) in [4.78, 5) is 36.6. The fraction of sp³-hybridized carbons (Fsp3) is 0.0476. The molecule has 1 saturated heterocycles. The first-order chi connectivity index (χ1) is 14.4. The van der Waals surface area contributed by atoms with Crippen LogP contribution < -0.4 is 0 Å². The maximum absolute atomic E-state index is 13.9. The van der Waals surface area contributed by atoms with E-state index in [2.05, 4.69) is 0 Å². The van der Waals surface area contributed by atoms with Gasteiger partial charge in [-0.1, -0.05) is 30.3 Å². The summed E-state index contributed by atoms with van der Waals surface area (Å²) in [5.41, 5.74) is 0.427. The summed E-state index contributed by atoms with van der Waals surface area (Å²) in [5.74, 6) is -0.531. The first-order valence-corrected chi connectivity index (χ1v) is 9.58. The molecule has 7 nitrogen and oxygen atoms in total. The Morgan fingerprint density at radius 2 is 1.80 bits per heavy atom. The Hall–Kier alpha value is -3.72. The Labute approximate surface area is 173 Å². The Morgan fingerprint density at radius 3 is 2.57 bits per heavy atom. The maximum Gasteiger partial charge on any atom is 0.293 e. The van der Waals surface area contributed by atoms with Crippen molar-refractivity contribution >= 4 is 34.7 Å². The van der Waals surface area contributed by atoms with Crippen LogP contribution in [0.3, 0.4) is 0 Å². The Kier molecular flexibility index (Phi) is 5.20. The Morgan fingerprint density at radius 1 is 1.07 bits per heavy atom. The molecule has 0 radical (unpaired) electrons. The van der Waals surface area contributed by atoms with Crippen molar-refractivity contribution in [1.82, 2.24) is 4.90 Å². The number of carbonyl (C=O) groups excluding carboxylic acids is 2. The molecule has 30 heavy (non-hydrogen) atoms. The van der Waals surface area contributed by atoms with Crippen LogP contribution in [-0.4, -0.2) is 21.0 Å². The lowest BCUT2D eigenvalue weighted by Gasteiger charge is -2.12. The van der Waals surface area contributed by atoms with Crippen LogP contribution in [0, 0.1) is 15.9 Å². The van der Waals surface area contributed by atoms with E-state index in [1.165, 1.54) is 30.3 Å². The molecular formula is C21H13FN2O5S. The van der Waals surface area contributed by atoms with E-state index in [9.17, 15) is 24.1 Å². The minimum absolute atomic E-state index is 0.108. The summed E-state index contributed by atoms with van der Waals surface area (Å²) in [5, 5.41) is 10.7. The second-order valence-electron chi connectivity index (χ2n) is 6.34. The molecule has 4 rings (SSSR count). The van der Waals surface area contributed by atoms with E-state index in [-0.39, 0.29) is 34.2 Å². The summed E-state index contributed by atoms with van der Waals surface area (Å²) in [6.45, 7) is -0.172. The minimum atomic E-state index is -0.558. The number of carbonyl (C=O) groups is 2. The zero-order valence-electron chi connectivity index (χ0n) is 15.3. The standard InChI is InChI=1S/C21H13FN2O5S/c22-16-7-3-1-5-13(16)12-23-20(25)19(30-21(23)26)11-14-9-10-18(29-14)15-6-2-4-8-17(15)24(27)28/h1-11H,12H2/b19-11-. The zero-order valence-corrected chi connectivity index (χ0v) is 16.1. The number of hydrogen-bond acceptors (Lipinski definition) is 6. The quantitative estimate of drug-likeness (QED) is 0.316. The highest BCUT2D eigenvalue weighted by Gasteiger charge is 2.35. The van der Waals surface area contributed by atoms with E-state index in [1.807, 2.05) is 0 Å². The molecule has 1 aromatic heterocycles. The van der Waals surface area contributed by atoms with Crippen LogP contribution >= 0.6 is 11.8 Å². The van der Waals surface area contributed by atoms with Crippen LogP contribution in [0.2, 0.25) is 0 Å². The van der Waals surface area contributed by atoms with E-state index < -0.39 is 21.9 Å². The van der Waals surface area contributed by atoms with Gasteiger partial charge in [0.05, 0.1) is 21.9 Å². The van der Waals surface area contributed by atoms with Crippen molar-refractivity contribution in [3.8, 4) is 11.3 Å². The average molecular weight is 424 g/mol. The highest BCUT2D eigenvalue weighted by atomic mass is 32.2. The van der Waals surface area contributed by atoms with Gasteiger partial charge in [0.1, 0.15) is 17.3 Å². The molecule has 0 unspecified atom stereocenters. The number of halogens is 1. The van der Waals surface area contributed by atoms with Gasteiger partial charge in [-0.2, -0.15) is 0 Å². The van der Waals surface area contributed by atoms with Crippen molar-refractivity contribution in [1.29, 1.82) is 0 Å². The van der Waals surface area contributed by atoms with Gasteiger partial charge in [0.15, 0.2) is 0 Å². The number of amides is 2. The predicted molar refractivity (Wildman–Crippen MR) is 109 cm³/mol.